The Bertz CT molecular complexity index is 910. The van der Waals surface area contributed by atoms with E-state index in [-0.39, 0.29) is 30.1 Å². The summed E-state index contributed by atoms with van der Waals surface area (Å²) in [4.78, 5) is 16.8. The predicted octanol–water partition coefficient (Wildman–Crippen LogP) is 2.92. The van der Waals surface area contributed by atoms with Crippen LogP contribution in [-0.2, 0) is 16.0 Å². The molecule has 0 bridgehead atoms. The second-order valence-electron chi connectivity index (χ2n) is 7.56. The van der Waals surface area contributed by atoms with E-state index in [9.17, 15) is 13.6 Å². The number of hydrogen-bond acceptors (Lipinski definition) is 5. The fourth-order valence-corrected chi connectivity index (χ4v) is 4.01. The second-order valence-corrected chi connectivity index (χ2v) is 7.56. The quantitative estimate of drug-likeness (QED) is 0.726. The first kappa shape index (κ1) is 20.7. The van der Waals surface area contributed by atoms with Crippen LogP contribution in [-0.4, -0.2) is 54.5 Å². The SMILES string of the molecule is COCCOC1CCC(NC(=O)c2cc3c(c(F)c2F)OCCn2cncc2-3)CC1. The molecule has 1 aromatic carbocycles. The lowest BCUT2D eigenvalue weighted by atomic mass is 9.92. The van der Waals surface area contributed by atoms with Crippen molar-refractivity contribution >= 4 is 5.91 Å². The van der Waals surface area contributed by atoms with Crippen molar-refractivity contribution in [3.63, 3.8) is 0 Å². The summed E-state index contributed by atoms with van der Waals surface area (Å²) in [6.45, 7) is 1.73. The molecule has 1 amide bonds. The standard InChI is InChI=1S/C21H25F2N3O4/c1-28-8-9-29-14-4-2-13(3-5-14)25-21(27)16-10-15-17-11-24-12-26(17)6-7-30-20(15)19(23)18(16)22/h10-14H,2-9H2,1H3,(H,25,27). The Kier molecular flexibility index (Phi) is 6.29. The van der Waals surface area contributed by atoms with E-state index in [4.69, 9.17) is 14.2 Å². The maximum atomic E-state index is 14.7. The summed E-state index contributed by atoms with van der Waals surface area (Å²) < 4.78 is 47.3. The molecule has 30 heavy (non-hydrogen) atoms. The maximum Gasteiger partial charge on any atom is 0.254 e. The summed E-state index contributed by atoms with van der Waals surface area (Å²) in [5, 5.41) is 2.84. The first-order valence-corrected chi connectivity index (χ1v) is 10.1. The molecule has 1 aromatic heterocycles. The first-order valence-electron chi connectivity index (χ1n) is 10.1. The fourth-order valence-electron chi connectivity index (χ4n) is 4.01. The second kappa shape index (κ2) is 9.09. The lowest BCUT2D eigenvalue weighted by molar-refractivity contribution is -0.00409. The third-order valence-corrected chi connectivity index (χ3v) is 5.62. The van der Waals surface area contributed by atoms with Crippen LogP contribution in [0.3, 0.4) is 0 Å². The molecular weight excluding hydrogens is 396 g/mol. The van der Waals surface area contributed by atoms with E-state index in [1.807, 2.05) is 0 Å². The van der Waals surface area contributed by atoms with Crippen molar-refractivity contribution in [2.24, 2.45) is 0 Å². The molecule has 0 spiro atoms. The molecule has 1 aliphatic heterocycles. The normalized spacial score (nSPS) is 20.6. The van der Waals surface area contributed by atoms with E-state index >= 15 is 0 Å². The van der Waals surface area contributed by atoms with Crippen LogP contribution in [0.25, 0.3) is 11.3 Å². The van der Waals surface area contributed by atoms with Gasteiger partial charge < -0.3 is 24.1 Å². The van der Waals surface area contributed by atoms with Crippen molar-refractivity contribution in [1.29, 1.82) is 0 Å². The molecule has 162 valence electrons. The number of halogens is 2. The number of rotatable bonds is 6. The number of amides is 1. The number of nitrogens with zero attached hydrogens (tertiary/aromatic N) is 2. The van der Waals surface area contributed by atoms with Crippen LogP contribution >= 0.6 is 0 Å². The van der Waals surface area contributed by atoms with Gasteiger partial charge in [-0.15, -0.1) is 0 Å². The molecule has 1 N–H and O–H groups in total. The van der Waals surface area contributed by atoms with Crippen molar-refractivity contribution in [1.82, 2.24) is 14.9 Å². The highest BCUT2D eigenvalue weighted by Crippen LogP contribution is 2.37. The van der Waals surface area contributed by atoms with Crippen LogP contribution in [0.5, 0.6) is 5.75 Å². The minimum absolute atomic E-state index is 0.108. The van der Waals surface area contributed by atoms with E-state index < -0.39 is 17.5 Å². The predicted molar refractivity (Wildman–Crippen MR) is 104 cm³/mol. The number of carbonyl (C=O) groups is 1. The molecule has 4 rings (SSSR count). The lowest BCUT2D eigenvalue weighted by Crippen LogP contribution is -2.39. The molecule has 1 aliphatic carbocycles. The topological polar surface area (TPSA) is 74.6 Å². The zero-order valence-electron chi connectivity index (χ0n) is 16.8. The summed E-state index contributed by atoms with van der Waals surface area (Å²) in [6.07, 6.45) is 6.31. The van der Waals surface area contributed by atoms with Crippen molar-refractivity contribution < 1.29 is 27.8 Å². The van der Waals surface area contributed by atoms with Crippen molar-refractivity contribution in [2.45, 2.75) is 44.4 Å². The zero-order chi connectivity index (χ0) is 21.1. The molecule has 9 heteroatoms. The Labute approximate surface area is 173 Å². The number of nitrogens with one attached hydrogen (secondary N) is 1. The van der Waals surface area contributed by atoms with Crippen LogP contribution in [0.2, 0.25) is 0 Å². The van der Waals surface area contributed by atoms with Gasteiger partial charge in [-0.2, -0.15) is 4.39 Å². The summed E-state index contributed by atoms with van der Waals surface area (Å²) in [7, 11) is 1.63. The Balaban J connectivity index is 1.48. The van der Waals surface area contributed by atoms with Crippen molar-refractivity contribution in [3.05, 3.63) is 35.8 Å². The number of hydrogen-bond donors (Lipinski definition) is 1. The molecule has 2 aromatic rings. The Hall–Kier alpha value is -2.52. The maximum absolute atomic E-state index is 14.7. The van der Waals surface area contributed by atoms with Gasteiger partial charge in [-0.05, 0) is 31.7 Å². The molecule has 0 unspecified atom stereocenters. The molecule has 1 saturated carbocycles. The molecule has 1 fully saturated rings. The highest BCUT2D eigenvalue weighted by Gasteiger charge is 2.29. The summed E-state index contributed by atoms with van der Waals surface area (Å²) in [5.41, 5.74) is 0.580. The minimum Gasteiger partial charge on any atom is -0.488 e. The van der Waals surface area contributed by atoms with Gasteiger partial charge in [-0.3, -0.25) is 4.79 Å². The number of carbonyl (C=O) groups excluding carboxylic acids is 1. The van der Waals surface area contributed by atoms with Crippen LogP contribution in [0.1, 0.15) is 36.0 Å². The van der Waals surface area contributed by atoms with Crippen LogP contribution in [0.15, 0.2) is 18.6 Å². The number of benzene rings is 1. The summed E-state index contributed by atoms with van der Waals surface area (Å²) >= 11 is 0. The molecule has 0 atom stereocenters. The Morgan fingerprint density at radius 1 is 1.27 bits per heavy atom. The van der Waals surface area contributed by atoms with Gasteiger partial charge in [0.1, 0.15) is 6.61 Å². The van der Waals surface area contributed by atoms with Gasteiger partial charge in [-0.25, -0.2) is 9.37 Å². The van der Waals surface area contributed by atoms with Gasteiger partial charge >= 0.3 is 0 Å². The van der Waals surface area contributed by atoms with Crippen molar-refractivity contribution in [2.75, 3.05) is 26.9 Å². The fraction of sp³-hybridized carbons (Fsp3) is 0.524. The molecule has 0 radical (unpaired) electrons. The van der Waals surface area contributed by atoms with E-state index in [0.717, 1.165) is 12.8 Å². The number of aromatic nitrogens is 2. The largest absolute Gasteiger partial charge is 0.488 e. The highest BCUT2D eigenvalue weighted by molar-refractivity contribution is 5.96. The van der Waals surface area contributed by atoms with Crippen molar-refractivity contribution in [3.8, 4) is 17.0 Å². The van der Waals surface area contributed by atoms with Crippen LogP contribution in [0.4, 0.5) is 8.78 Å². The first-order chi connectivity index (χ1) is 14.6. The van der Waals surface area contributed by atoms with E-state index in [2.05, 4.69) is 10.3 Å². The van der Waals surface area contributed by atoms with E-state index in [1.165, 1.54) is 6.07 Å². The van der Waals surface area contributed by atoms with E-state index in [1.54, 1.807) is 24.2 Å². The molecule has 0 saturated heterocycles. The minimum atomic E-state index is -1.20. The monoisotopic (exact) mass is 421 g/mol. The van der Waals surface area contributed by atoms with Gasteiger partial charge in [0.05, 0.1) is 49.6 Å². The number of imidazole rings is 1. The number of ether oxygens (including phenoxy) is 3. The van der Waals surface area contributed by atoms with Crippen LogP contribution in [0, 0.1) is 11.6 Å². The number of fused-ring (bicyclic) bond motifs is 3. The average molecular weight is 421 g/mol. The molecule has 7 nitrogen and oxygen atoms in total. The molecular formula is C21H25F2N3O4. The Morgan fingerprint density at radius 2 is 2.07 bits per heavy atom. The molecule has 2 aliphatic rings. The van der Waals surface area contributed by atoms with Gasteiger partial charge in [0.2, 0.25) is 5.82 Å². The van der Waals surface area contributed by atoms with Gasteiger partial charge in [0.25, 0.3) is 5.91 Å². The third-order valence-electron chi connectivity index (χ3n) is 5.62. The lowest BCUT2D eigenvalue weighted by Gasteiger charge is -2.29. The summed E-state index contributed by atoms with van der Waals surface area (Å²) in [6, 6.07) is 1.24. The molecule has 2 heterocycles. The highest BCUT2D eigenvalue weighted by atomic mass is 19.2. The van der Waals surface area contributed by atoms with E-state index in [0.29, 0.717) is 43.9 Å². The smallest absolute Gasteiger partial charge is 0.254 e. The zero-order valence-corrected chi connectivity index (χ0v) is 16.8. The Morgan fingerprint density at radius 3 is 2.83 bits per heavy atom. The van der Waals surface area contributed by atoms with Gasteiger partial charge in [0.15, 0.2) is 11.6 Å². The van der Waals surface area contributed by atoms with Gasteiger partial charge in [-0.1, -0.05) is 0 Å². The van der Waals surface area contributed by atoms with Gasteiger partial charge in [0, 0.05) is 18.7 Å². The third kappa shape index (κ3) is 4.17. The number of methoxy groups -OCH3 is 1. The summed E-state index contributed by atoms with van der Waals surface area (Å²) in [5.74, 6) is -3.16. The van der Waals surface area contributed by atoms with Crippen LogP contribution < -0.4 is 10.1 Å². The average Bonchev–Trinajstić information content (AvgIpc) is 3.14.